The molecule has 0 radical (unpaired) electrons. The molecule has 0 aliphatic carbocycles. The zero-order valence-electron chi connectivity index (χ0n) is 9.39. The number of halogens is 1. The summed E-state index contributed by atoms with van der Waals surface area (Å²) in [6.45, 7) is -0.312. The van der Waals surface area contributed by atoms with Crippen LogP contribution < -0.4 is 5.32 Å². The molecule has 102 valence electrons. The predicted molar refractivity (Wildman–Crippen MR) is 65.8 cm³/mol. The van der Waals surface area contributed by atoms with Crippen molar-refractivity contribution in [2.24, 2.45) is 0 Å². The molecule has 0 amide bonds. The SMILES string of the molecule is Cl.OC[C@@H]1N[C@@H](c2ccc(O)cc2O)[C@H](O)[C@H]1O. The third-order valence-corrected chi connectivity index (χ3v) is 3.04. The molecule has 1 saturated heterocycles. The van der Waals surface area contributed by atoms with Crippen molar-refractivity contribution in [1.82, 2.24) is 5.32 Å². The Balaban J connectivity index is 0.00000162. The van der Waals surface area contributed by atoms with Crippen LogP contribution >= 0.6 is 12.4 Å². The molecule has 0 bridgehead atoms. The van der Waals surface area contributed by atoms with E-state index in [1.54, 1.807) is 0 Å². The maximum atomic E-state index is 9.81. The van der Waals surface area contributed by atoms with E-state index in [1.165, 1.54) is 12.1 Å². The molecular formula is C11H16ClNO5. The van der Waals surface area contributed by atoms with Crippen LogP contribution in [0.3, 0.4) is 0 Å². The van der Waals surface area contributed by atoms with Gasteiger partial charge in [0.15, 0.2) is 0 Å². The van der Waals surface area contributed by atoms with Gasteiger partial charge in [-0.3, -0.25) is 0 Å². The van der Waals surface area contributed by atoms with Gasteiger partial charge in [-0.2, -0.15) is 0 Å². The first-order chi connectivity index (χ1) is 8.04. The van der Waals surface area contributed by atoms with E-state index in [9.17, 15) is 15.3 Å². The first-order valence-electron chi connectivity index (χ1n) is 5.29. The molecule has 2 rings (SSSR count). The van der Waals surface area contributed by atoms with Gasteiger partial charge in [0, 0.05) is 11.6 Å². The second-order valence-electron chi connectivity index (χ2n) is 4.16. The van der Waals surface area contributed by atoms with Gasteiger partial charge < -0.3 is 30.8 Å². The van der Waals surface area contributed by atoms with Gasteiger partial charge in [-0.15, -0.1) is 12.4 Å². The average molecular weight is 278 g/mol. The highest BCUT2D eigenvalue weighted by Crippen LogP contribution is 2.34. The topological polar surface area (TPSA) is 113 Å². The average Bonchev–Trinajstić information content (AvgIpc) is 2.57. The molecule has 1 aromatic carbocycles. The second-order valence-corrected chi connectivity index (χ2v) is 4.16. The van der Waals surface area contributed by atoms with Gasteiger partial charge in [-0.1, -0.05) is 0 Å². The first-order valence-corrected chi connectivity index (χ1v) is 5.29. The monoisotopic (exact) mass is 277 g/mol. The van der Waals surface area contributed by atoms with Crippen molar-refractivity contribution >= 4 is 12.4 Å². The lowest BCUT2D eigenvalue weighted by atomic mass is 10.00. The van der Waals surface area contributed by atoms with Crippen LogP contribution in [0.4, 0.5) is 0 Å². The molecule has 1 aliphatic heterocycles. The minimum atomic E-state index is -1.12. The summed E-state index contributed by atoms with van der Waals surface area (Å²) >= 11 is 0. The van der Waals surface area contributed by atoms with Gasteiger partial charge in [-0.05, 0) is 12.1 Å². The molecule has 1 aliphatic rings. The Bertz CT molecular complexity index is 416. The number of phenols is 2. The van der Waals surface area contributed by atoms with Crippen molar-refractivity contribution in [1.29, 1.82) is 0 Å². The fraction of sp³-hybridized carbons (Fsp3) is 0.455. The van der Waals surface area contributed by atoms with Crippen LogP contribution in [-0.4, -0.2) is 50.4 Å². The number of aliphatic hydroxyl groups excluding tert-OH is 3. The van der Waals surface area contributed by atoms with E-state index in [4.69, 9.17) is 10.2 Å². The standard InChI is InChI=1S/C11H15NO5.ClH/c13-4-7-10(16)11(17)9(12-7)6-2-1-5(14)3-8(6)15;/h1-3,7,9-17H,4H2;1H/t7-,9-,10-,11-;/m0./s1. The largest absolute Gasteiger partial charge is 0.508 e. The third kappa shape index (κ3) is 2.52. The first kappa shape index (κ1) is 15.0. The molecule has 7 heteroatoms. The highest BCUT2D eigenvalue weighted by molar-refractivity contribution is 5.85. The van der Waals surface area contributed by atoms with Crippen molar-refractivity contribution < 1.29 is 25.5 Å². The molecule has 0 aromatic heterocycles. The molecule has 6 nitrogen and oxygen atoms in total. The Morgan fingerprint density at radius 3 is 2.28 bits per heavy atom. The van der Waals surface area contributed by atoms with Crippen LogP contribution in [0.25, 0.3) is 0 Å². The van der Waals surface area contributed by atoms with Gasteiger partial charge in [0.1, 0.15) is 17.6 Å². The van der Waals surface area contributed by atoms with E-state index in [-0.39, 0.29) is 30.5 Å². The molecule has 6 N–H and O–H groups in total. The maximum Gasteiger partial charge on any atom is 0.124 e. The van der Waals surface area contributed by atoms with Crippen LogP contribution in [0.2, 0.25) is 0 Å². The lowest BCUT2D eigenvalue weighted by Crippen LogP contribution is -2.35. The Morgan fingerprint density at radius 2 is 1.78 bits per heavy atom. The molecule has 0 unspecified atom stereocenters. The highest BCUT2D eigenvalue weighted by Gasteiger charge is 2.42. The molecule has 1 heterocycles. The molecule has 1 fully saturated rings. The van der Waals surface area contributed by atoms with Crippen molar-refractivity contribution in [2.45, 2.75) is 24.3 Å². The quantitative estimate of drug-likeness (QED) is 0.424. The van der Waals surface area contributed by atoms with Crippen molar-refractivity contribution in [3.05, 3.63) is 23.8 Å². The minimum Gasteiger partial charge on any atom is -0.508 e. The fourth-order valence-electron chi connectivity index (χ4n) is 2.09. The van der Waals surface area contributed by atoms with Crippen LogP contribution in [0.5, 0.6) is 11.5 Å². The maximum absolute atomic E-state index is 9.81. The second kappa shape index (κ2) is 5.73. The number of aliphatic hydroxyl groups is 3. The minimum absolute atomic E-state index is 0. The zero-order valence-corrected chi connectivity index (χ0v) is 10.2. The number of hydrogen-bond donors (Lipinski definition) is 6. The third-order valence-electron chi connectivity index (χ3n) is 3.04. The Hall–Kier alpha value is -1.05. The molecule has 0 saturated carbocycles. The Labute approximate surface area is 110 Å². The predicted octanol–water partition coefficient (Wildman–Crippen LogP) is -0.753. The van der Waals surface area contributed by atoms with Crippen molar-refractivity contribution in [3.63, 3.8) is 0 Å². The van der Waals surface area contributed by atoms with Crippen molar-refractivity contribution in [3.8, 4) is 11.5 Å². The van der Waals surface area contributed by atoms with Gasteiger partial charge in [-0.25, -0.2) is 0 Å². The summed E-state index contributed by atoms with van der Waals surface area (Å²) in [6.07, 6.45) is -2.22. The van der Waals surface area contributed by atoms with Crippen LogP contribution in [0.15, 0.2) is 18.2 Å². The molecule has 18 heavy (non-hydrogen) atoms. The van der Waals surface area contributed by atoms with Gasteiger partial charge in [0.2, 0.25) is 0 Å². The summed E-state index contributed by atoms with van der Waals surface area (Å²) in [6, 6.07) is 2.67. The lowest BCUT2D eigenvalue weighted by molar-refractivity contribution is 0.0192. The van der Waals surface area contributed by atoms with E-state index in [1.807, 2.05) is 0 Å². The molecule has 0 spiro atoms. The lowest BCUT2D eigenvalue weighted by Gasteiger charge is -2.17. The number of nitrogens with one attached hydrogen (secondary N) is 1. The summed E-state index contributed by atoms with van der Waals surface area (Å²) in [7, 11) is 0. The van der Waals surface area contributed by atoms with Gasteiger partial charge in [0.05, 0.1) is 24.8 Å². The summed E-state index contributed by atoms with van der Waals surface area (Å²) < 4.78 is 0. The van der Waals surface area contributed by atoms with Crippen LogP contribution in [0, 0.1) is 0 Å². The smallest absolute Gasteiger partial charge is 0.124 e. The van der Waals surface area contributed by atoms with Gasteiger partial charge >= 0.3 is 0 Å². The van der Waals surface area contributed by atoms with E-state index >= 15 is 0 Å². The number of benzene rings is 1. The molecule has 4 atom stereocenters. The van der Waals surface area contributed by atoms with E-state index in [0.29, 0.717) is 5.56 Å². The fourth-order valence-corrected chi connectivity index (χ4v) is 2.09. The summed E-state index contributed by atoms with van der Waals surface area (Å²) in [4.78, 5) is 0. The number of rotatable bonds is 2. The van der Waals surface area contributed by atoms with Crippen molar-refractivity contribution in [2.75, 3.05) is 6.61 Å². The number of phenolic OH excluding ortho intramolecular Hbond substituents is 2. The summed E-state index contributed by atoms with van der Waals surface area (Å²) in [5, 5.41) is 50.1. The Kier molecular flexibility index (Phi) is 4.78. The number of hydrogen-bond acceptors (Lipinski definition) is 6. The van der Waals surface area contributed by atoms with Gasteiger partial charge in [0.25, 0.3) is 0 Å². The number of aromatic hydroxyl groups is 2. The molecular weight excluding hydrogens is 262 g/mol. The zero-order chi connectivity index (χ0) is 12.6. The Morgan fingerprint density at radius 1 is 1.11 bits per heavy atom. The highest BCUT2D eigenvalue weighted by atomic mass is 35.5. The summed E-state index contributed by atoms with van der Waals surface area (Å²) in [5.41, 5.74) is 0.366. The van der Waals surface area contributed by atoms with E-state index in [0.717, 1.165) is 6.07 Å². The normalized spacial score (nSPS) is 31.1. The van der Waals surface area contributed by atoms with Crippen LogP contribution in [0.1, 0.15) is 11.6 Å². The molecule has 1 aromatic rings. The van der Waals surface area contributed by atoms with Crippen LogP contribution in [-0.2, 0) is 0 Å². The van der Waals surface area contributed by atoms with E-state index in [2.05, 4.69) is 5.32 Å². The summed E-state index contributed by atoms with van der Waals surface area (Å²) in [5.74, 6) is -0.259. The van der Waals surface area contributed by atoms with E-state index < -0.39 is 24.3 Å².